The molecule has 3 aromatic rings. The van der Waals surface area contributed by atoms with E-state index in [0.717, 1.165) is 22.4 Å². The molecule has 2 N–H and O–H groups in total. The number of aromatic hydroxyl groups is 1. The van der Waals surface area contributed by atoms with Crippen molar-refractivity contribution in [1.82, 2.24) is 9.80 Å². The molecule has 1 unspecified atom stereocenters. The number of ether oxygens (including phenoxy) is 1. The lowest BCUT2D eigenvalue weighted by molar-refractivity contribution is -0.126. The molecule has 1 atom stereocenters. The highest BCUT2D eigenvalue weighted by atomic mass is 16.5. The van der Waals surface area contributed by atoms with Crippen LogP contribution in [-0.2, 0) is 24.5 Å². The van der Waals surface area contributed by atoms with Crippen molar-refractivity contribution in [2.45, 2.75) is 32.2 Å². The average Bonchev–Trinajstić information content (AvgIpc) is 3.46. The van der Waals surface area contributed by atoms with Crippen LogP contribution in [0.15, 0.2) is 60.7 Å². The Morgan fingerprint density at radius 3 is 2.69 bits per heavy atom. The first kappa shape index (κ1) is 23.2. The van der Waals surface area contributed by atoms with Gasteiger partial charge in [-0.2, -0.15) is 5.26 Å². The molecule has 0 aromatic heterocycles. The molecule has 182 valence electrons. The van der Waals surface area contributed by atoms with Crippen LogP contribution in [0.25, 0.3) is 0 Å². The Bertz CT molecular complexity index is 1370. The third kappa shape index (κ3) is 4.56. The maximum absolute atomic E-state index is 13.6. The van der Waals surface area contributed by atoms with E-state index < -0.39 is 0 Å². The summed E-state index contributed by atoms with van der Waals surface area (Å²) in [6.45, 7) is 1.56. The highest BCUT2D eigenvalue weighted by Crippen LogP contribution is 2.36. The van der Waals surface area contributed by atoms with E-state index in [2.05, 4.69) is 5.32 Å². The van der Waals surface area contributed by atoms with Crippen molar-refractivity contribution in [3.63, 3.8) is 0 Å². The first-order valence-electron chi connectivity index (χ1n) is 11.8. The second-order valence-electron chi connectivity index (χ2n) is 9.18. The third-order valence-electron chi connectivity index (χ3n) is 6.63. The predicted molar refractivity (Wildman–Crippen MR) is 133 cm³/mol. The van der Waals surface area contributed by atoms with E-state index in [-0.39, 0.29) is 47.1 Å². The van der Waals surface area contributed by atoms with Crippen molar-refractivity contribution in [2.75, 3.05) is 18.9 Å². The number of carbonyl (C=O) groups excluding carboxylic acids is 2. The number of carbonyl (C=O) groups is 2. The summed E-state index contributed by atoms with van der Waals surface area (Å²) >= 11 is 0. The van der Waals surface area contributed by atoms with Crippen LogP contribution in [-0.4, -0.2) is 46.4 Å². The number of hydrogen-bond acceptors (Lipinski definition) is 6. The Balaban J connectivity index is 1.38. The van der Waals surface area contributed by atoms with Gasteiger partial charge in [-0.05, 0) is 34.9 Å². The molecular weight excluding hydrogens is 456 g/mol. The van der Waals surface area contributed by atoms with Crippen LogP contribution in [0.3, 0.4) is 0 Å². The van der Waals surface area contributed by atoms with E-state index in [4.69, 9.17) is 4.74 Å². The van der Waals surface area contributed by atoms with Crippen LogP contribution >= 0.6 is 0 Å². The second kappa shape index (κ2) is 9.62. The van der Waals surface area contributed by atoms with Crippen molar-refractivity contribution in [3.8, 4) is 17.6 Å². The van der Waals surface area contributed by atoms with Crippen LogP contribution < -0.4 is 10.1 Å². The largest absolute Gasteiger partial charge is 0.507 e. The van der Waals surface area contributed by atoms with E-state index in [1.807, 2.05) is 54.6 Å². The normalized spacial score (nSPS) is 16.6. The van der Waals surface area contributed by atoms with Gasteiger partial charge in [-0.1, -0.05) is 42.5 Å². The molecule has 0 spiro atoms. The molecule has 8 heteroatoms. The Labute approximate surface area is 209 Å². The van der Waals surface area contributed by atoms with E-state index in [9.17, 15) is 20.0 Å². The van der Waals surface area contributed by atoms with Crippen molar-refractivity contribution < 1.29 is 19.4 Å². The zero-order valence-electron chi connectivity index (χ0n) is 19.9. The Hall–Kier alpha value is -4.51. The molecule has 3 aromatic carbocycles. The number of nitrogens with zero attached hydrogens (tertiary/aromatic N) is 3. The van der Waals surface area contributed by atoms with Gasteiger partial charge < -0.3 is 25.0 Å². The highest BCUT2D eigenvalue weighted by molar-refractivity contribution is 6.00. The number of nitrogens with one attached hydrogen (secondary N) is 1. The van der Waals surface area contributed by atoms with Gasteiger partial charge >= 0.3 is 0 Å². The number of benzene rings is 3. The third-order valence-corrected chi connectivity index (χ3v) is 6.63. The van der Waals surface area contributed by atoms with Gasteiger partial charge in [-0.15, -0.1) is 0 Å². The Morgan fingerprint density at radius 2 is 1.97 bits per heavy atom. The van der Waals surface area contributed by atoms with Gasteiger partial charge in [0.1, 0.15) is 23.7 Å². The summed E-state index contributed by atoms with van der Waals surface area (Å²) < 4.78 is 5.93. The number of fused-ring (bicyclic) bond motifs is 1. The van der Waals surface area contributed by atoms with E-state index in [0.29, 0.717) is 26.1 Å². The van der Waals surface area contributed by atoms with Gasteiger partial charge in [0.05, 0.1) is 17.7 Å². The number of phenolic OH excluding ortho intramolecular Hbond substituents is 1. The summed E-state index contributed by atoms with van der Waals surface area (Å²) in [5.41, 5.74) is 4.05. The van der Waals surface area contributed by atoms with Crippen molar-refractivity contribution >= 4 is 17.5 Å². The summed E-state index contributed by atoms with van der Waals surface area (Å²) in [6.07, 6.45) is 0.435. The van der Waals surface area contributed by atoms with Gasteiger partial charge in [0.2, 0.25) is 5.91 Å². The number of hydrogen-bond donors (Lipinski definition) is 2. The molecular formula is C28H26N4O4. The summed E-state index contributed by atoms with van der Waals surface area (Å²) in [7, 11) is 1.79. The summed E-state index contributed by atoms with van der Waals surface area (Å²) in [6, 6.07) is 20.1. The SMILES string of the molecule is CN1CC(Nc2cccc3c2CN(C(=O)c2c(O)cc(C#N)cc2OCc2ccccc2)C3)CC1=O. The molecule has 0 saturated carbocycles. The minimum Gasteiger partial charge on any atom is -0.507 e. The lowest BCUT2D eigenvalue weighted by atomic mass is 10.1. The fraction of sp³-hybridized carbons (Fsp3) is 0.250. The van der Waals surface area contributed by atoms with Gasteiger partial charge in [-0.3, -0.25) is 9.59 Å². The summed E-state index contributed by atoms with van der Waals surface area (Å²) in [5.74, 6) is -0.389. The fourth-order valence-corrected chi connectivity index (χ4v) is 4.77. The number of likely N-dealkylation sites (tertiary alicyclic amines) is 1. The predicted octanol–water partition coefficient (Wildman–Crippen LogP) is 3.64. The zero-order valence-corrected chi connectivity index (χ0v) is 19.9. The molecule has 1 fully saturated rings. The molecule has 8 nitrogen and oxygen atoms in total. The highest BCUT2D eigenvalue weighted by Gasteiger charge is 2.32. The first-order valence-corrected chi connectivity index (χ1v) is 11.8. The van der Waals surface area contributed by atoms with Crippen molar-refractivity contribution in [1.29, 1.82) is 5.26 Å². The average molecular weight is 483 g/mol. The second-order valence-corrected chi connectivity index (χ2v) is 9.18. The summed E-state index contributed by atoms with van der Waals surface area (Å²) in [5, 5.41) is 23.6. The van der Waals surface area contributed by atoms with Crippen LogP contribution in [0.4, 0.5) is 5.69 Å². The summed E-state index contributed by atoms with van der Waals surface area (Å²) in [4.78, 5) is 28.9. The zero-order chi connectivity index (χ0) is 25.2. The number of amides is 2. The molecule has 1 saturated heterocycles. The van der Waals surface area contributed by atoms with Crippen LogP contribution in [0.2, 0.25) is 0 Å². The molecule has 0 radical (unpaired) electrons. The van der Waals surface area contributed by atoms with Crippen LogP contribution in [0.1, 0.15) is 39.0 Å². The smallest absolute Gasteiger partial charge is 0.262 e. The topological polar surface area (TPSA) is 106 Å². The number of rotatable bonds is 6. The molecule has 2 aliphatic heterocycles. The minimum atomic E-state index is -0.377. The Kier molecular flexibility index (Phi) is 6.21. The van der Waals surface area contributed by atoms with E-state index in [1.165, 1.54) is 12.1 Å². The van der Waals surface area contributed by atoms with Crippen molar-refractivity contribution in [2.24, 2.45) is 0 Å². The quantitative estimate of drug-likeness (QED) is 0.556. The Morgan fingerprint density at radius 1 is 1.17 bits per heavy atom. The minimum absolute atomic E-state index is 0.0133. The number of phenols is 1. The van der Waals surface area contributed by atoms with E-state index in [1.54, 1.807) is 16.8 Å². The maximum atomic E-state index is 13.6. The van der Waals surface area contributed by atoms with Gasteiger partial charge in [0.25, 0.3) is 5.91 Å². The number of anilines is 1. The molecule has 0 bridgehead atoms. The molecule has 2 amide bonds. The lowest BCUT2D eigenvalue weighted by Crippen LogP contribution is -2.27. The molecule has 36 heavy (non-hydrogen) atoms. The van der Waals surface area contributed by atoms with Gasteiger partial charge in [0.15, 0.2) is 0 Å². The van der Waals surface area contributed by atoms with Crippen molar-refractivity contribution in [3.05, 3.63) is 88.5 Å². The van der Waals surface area contributed by atoms with Gasteiger partial charge in [-0.25, -0.2) is 0 Å². The first-order chi connectivity index (χ1) is 17.4. The van der Waals surface area contributed by atoms with Crippen LogP contribution in [0, 0.1) is 11.3 Å². The van der Waals surface area contributed by atoms with Crippen LogP contribution in [0.5, 0.6) is 11.5 Å². The molecule has 0 aliphatic carbocycles. The standard InChI is InChI=1S/C28H26N4O4/c1-31-15-21(12-26(31)34)30-23-9-5-8-20-14-32(16-22(20)23)28(35)27-24(33)10-19(13-29)11-25(27)36-17-18-6-3-2-4-7-18/h2-11,21,30,33H,12,14-17H2,1H3. The lowest BCUT2D eigenvalue weighted by Gasteiger charge is -2.20. The maximum Gasteiger partial charge on any atom is 0.262 e. The molecule has 2 aliphatic rings. The van der Waals surface area contributed by atoms with Gasteiger partial charge in [0, 0.05) is 38.8 Å². The monoisotopic (exact) mass is 482 g/mol. The number of nitriles is 1. The number of likely N-dealkylation sites (N-methyl/N-ethyl adjacent to an activating group) is 1. The molecule has 5 rings (SSSR count). The molecule has 2 heterocycles. The fourth-order valence-electron chi connectivity index (χ4n) is 4.77. The van der Waals surface area contributed by atoms with E-state index >= 15 is 0 Å².